The molecule has 0 radical (unpaired) electrons. The first kappa shape index (κ1) is 12.4. The molecule has 0 aliphatic carbocycles. The summed E-state index contributed by atoms with van der Waals surface area (Å²) in [5, 5.41) is 0. The molecule has 0 N–H and O–H groups in total. The SMILES string of the molecule is C=CCOC=C(OCC=C)OCC=C. The van der Waals surface area contributed by atoms with Gasteiger partial charge in [-0.05, 0) is 0 Å². The fourth-order valence-corrected chi connectivity index (χ4v) is 0.576. The number of hydrogen-bond donors (Lipinski definition) is 0. The molecule has 0 spiro atoms. The van der Waals surface area contributed by atoms with E-state index in [2.05, 4.69) is 19.7 Å². The third-order valence-corrected chi connectivity index (χ3v) is 1.08. The van der Waals surface area contributed by atoms with Gasteiger partial charge in [0.25, 0.3) is 0 Å². The molecule has 0 aromatic rings. The summed E-state index contributed by atoms with van der Waals surface area (Å²) in [5.74, 6) is 0.312. The van der Waals surface area contributed by atoms with Crippen molar-refractivity contribution in [2.45, 2.75) is 0 Å². The maximum Gasteiger partial charge on any atom is 0.316 e. The van der Waals surface area contributed by atoms with E-state index in [1.165, 1.54) is 6.26 Å². The summed E-state index contributed by atoms with van der Waals surface area (Å²) in [6.07, 6.45) is 6.28. The van der Waals surface area contributed by atoms with Crippen molar-refractivity contribution < 1.29 is 14.2 Å². The second-order valence-electron chi connectivity index (χ2n) is 2.26. The van der Waals surface area contributed by atoms with Gasteiger partial charge in [0.2, 0.25) is 0 Å². The summed E-state index contributed by atoms with van der Waals surface area (Å²) in [7, 11) is 0. The van der Waals surface area contributed by atoms with Crippen LogP contribution in [0.4, 0.5) is 0 Å². The van der Waals surface area contributed by atoms with Crippen LogP contribution in [-0.2, 0) is 14.2 Å². The Morgan fingerprint density at radius 1 is 0.857 bits per heavy atom. The van der Waals surface area contributed by atoms with Crippen LogP contribution in [0.5, 0.6) is 0 Å². The Hall–Kier alpha value is -1.64. The molecule has 0 fully saturated rings. The Labute approximate surface area is 85.0 Å². The molecule has 0 unspecified atom stereocenters. The first-order valence-corrected chi connectivity index (χ1v) is 4.25. The van der Waals surface area contributed by atoms with Crippen LogP contribution in [0.25, 0.3) is 0 Å². The minimum atomic E-state index is 0.312. The van der Waals surface area contributed by atoms with Crippen molar-refractivity contribution in [3.05, 3.63) is 50.2 Å². The van der Waals surface area contributed by atoms with Crippen molar-refractivity contribution in [3.8, 4) is 0 Å². The molecule has 14 heavy (non-hydrogen) atoms. The summed E-state index contributed by atoms with van der Waals surface area (Å²) in [4.78, 5) is 0. The Morgan fingerprint density at radius 2 is 1.36 bits per heavy atom. The largest absolute Gasteiger partial charge is 0.490 e. The van der Waals surface area contributed by atoms with Gasteiger partial charge in [0, 0.05) is 0 Å². The van der Waals surface area contributed by atoms with Gasteiger partial charge in [0.05, 0.1) is 0 Å². The zero-order valence-electron chi connectivity index (χ0n) is 8.28. The zero-order chi connectivity index (χ0) is 10.6. The number of ether oxygens (including phenoxy) is 3. The minimum Gasteiger partial charge on any atom is -0.490 e. The van der Waals surface area contributed by atoms with Crippen LogP contribution in [0.3, 0.4) is 0 Å². The molecule has 0 aromatic carbocycles. The third-order valence-electron chi connectivity index (χ3n) is 1.08. The van der Waals surface area contributed by atoms with Crippen molar-refractivity contribution in [2.24, 2.45) is 0 Å². The molecule has 0 rings (SSSR count). The van der Waals surface area contributed by atoms with Crippen LogP contribution in [0.15, 0.2) is 50.2 Å². The highest BCUT2D eigenvalue weighted by Crippen LogP contribution is 2.00. The summed E-state index contributed by atoms with van der Waals surface area (Å²) in [5.41, 5.74) is 0. The van der Waals surface area contributed by atoms with Gasteiger partial charge in [-0.3, -0.25) is 0 Å². The van der Waals surface area contributed by atoms with Gasteiger partial charge in [-0.1, -0.05) is 38.0 Å². The van der Waals surface area contributed by atoms with Crippen molar-refractivity contribution >= 4 is 0 Å². The van der Waals surface area contributed by atoms with Crippen LogP contribution in [0, 0.1) is 0 Å². The Balaban J connectivity index is 3.92. The van der Waals surface area contributed by atoms with E-state index in [0.717, 1.165) is 0 Å². The average Bonchev–Trinajstić information content (AvgIpc) is 2.21. The predicted molar refractivity (Wildman–Crippen MR) is 56.5 cm³/mol. The summed E-state index contributed by atoms with van der Waals surface area (Å²) >= 11 is 0. The van der Waals surface area contributed by atoms with Gasteiger partial charge in [-0.2, -0.15) is 0 Å². The lowest BCUT2D eigenvalue weighted by Gasteiger charge is -2.08. The summed E-state index contributed by atoms with van der Waals surface area (Å²) < 4.78 is 15.3. The van der Waals surface area contributed by atoms with Gasteiger partial charge in [0.1, 0.15) is 19.8 Å². The highest BCUT2D eigenvalue weighted by Gasteiger charge is 1.96. The first-order chi connectivity index (χ1) is 6.85. The minimum absolute atomic E-state index is 0.312. The van der Waals surface area contributed by atoms with Crippen LogP contribution >= 0.6 is 0 Å². The zero-order valence-corrected chi connectivity index (χ0v) is 8.28. The molecule has 3 heteroatoms. The van der Waals surface area contributed by atoms with Crippen molar-refractivity contribution in [2.75, 3.05) is 19.8 Å². The molecule has 0 heterocycles. The number of hydrogen-bond acceptors (Lipinski definition) is 3. The third kappa shape index (κ3) is 7.03. The highest BCUT2D eigenvalue weighted by molar-refractivity contribution is 4.81. The molecule has 3 nitrogen and oxygen atoms in total. The molecular weight excluding hydrogens is 180 g/mol. The van der Waals surface area contributed by atoms with E-state index < -0.39 is 0 Å². The second kappa shape index (κ2) is 9.45. The maximum absolute atomic E-state index is 5.15. The topological polar surface area (TPSA) is 27.7 Å². The summed E-state index contributed by atoms with van der Waals surface area (Å²) in [6.45, 7) is 11.7. The van der Waals surface area contributed by atoms with Gasteiger partial charge in [-0.15, -0.1) is 0 Å². The van der Waals surface area contributed by atoms with Crippen LogP contribution in [-0.4, -0.2) is 19.8 Å². The lowest BCUT2D eigenvalue weighted by atomic mass is 10.7. The van der Waals surface area contributed by atoms with Crippen LogP contribution in [0.1, 0.15) is 0 Å². The molecule has 0 aliphatic heterocycles. The fraction of sp³-hybridized carbons (Fsp3) is 0.273. The average molecular weight is 196 g/mol. The molecular formula is C11H16O3. The molecule has 0 aromatic heterocycles. The van der Waals surface area contributed by atoms with E-state index in [4.69, 9.17) is 14.2 Å². The van der Waals surface area contributed by atoms with E-state index in [0.29, 0.717) is 25.8 Å². The van der Waals surface area contributed by atoms with Crippen molar-refractivity contribution in [1.82, 2.24) is 0 Å². The molecule has 0 bridgehead atoms. The summed E-state index contributed by atoms with van der Waals surface area (Å²) in [6, 6.07) is 0. The van der Waals surface area contributed by atoms with E-state index in [1.54, 1.807) is 18.2 Å². The van der Waals surface area contributed by atoms with E-state index in [1.807, 2.05) is 0 Å². The lowest BCUT2D eigenvalue weighted by molar-refractivity contribution is 0.0456. The molecule has 78 valence electrons. The number of rotatable bonds is 9. The van der Waals surface area contributed by atoms with Gasteiger partial charge < -0.3 is 14.2 Å². The molecule has 0 atom stereocenters. The molecule has 0 aliphatic rings. The van der Waals surface area contributed by atoms with Crippen LogP contribution in [0.2, 0.25) is 0 Å². The molecule has 0 amide bonds. The van der Waals surface area contributed by atoms with Crippen LogP contribution < -0.4 is 0 Å². The predicted octanol–water partition coefficient (Wildman–Crippen LogP) is 2.39. The highest BCUT2D eigenvalue weighted by atomic mass is 16.7. The van der Waals surface area contributed by atoms with Gasteiger partial charge >= 0.3 is 5.95 Å². The smallest absolute Gasteiger partial charge is 0.316 e. The van der Waals surface area contributed by atoms with Gasteiger partial charge in [0.15, 0.2) is 6.26 Å². The van der Waals surface area contributed by atoms with E-state index >= 15 is 0 Å². The maximum atomic E-state index is 5.15. The molecule has 0 saturated carbocycles. The monoisotopic (exact) mass is 196 g/mol. The second-order valence-corrected chi connectivity index (χ2v) is 2.26. The van der Waals surface area contributed by atoms with Crippen molar-refractivity contribution in [3.63, 3.8) is 0 Å². The Bertz CT molecular complexity index is 193. The van der Waals surface area contributed by atoms with E-state index in [-0.39, 0.29) is 0 Å². The standard InChI is InChI=1S/C11H16O3/c1-4-7-12-10-11(13-8-5-2)14-9-6-3/h4-6,10H,1-3,7-9H2. The van der Waals surface area contributed by atoms with Gasteiger partial charge in [-0.25, -0.2) is 0 Å². The fourth-order valence-electron chi connectivity index (χ4n) is 0.576. The molecule has 0 saturated heterocycles. The Kier molecular flexibility index (Phi) is 8.34. The Morgan fingerprint density at radius 3 is 1.79 bits per heavy atom. The quantitative estimate of drug-likeness (QED) is 0.322. The lowest BCUT2D eigenvalue weighted by Crippen LogP contribution is -1.99. The van der Waals surface area contributed by atoms with E-state index in [9.17, 15) is 0 Å². The van der Waals surface area contributed by atoms with Crippen molar-refractivity contribution in [1.29, 1.82) is 0 Å². The normalized spacial score (nSPS) is 8.29. The first-order valence-electron chi connectivity index (χ1n) is 4.25.